The number of carbonyl (C=O) groups is 1. The molecule has 0 bridgehead atoms. The lowest BCUT2D eigenvalue weighted by atomic mass is 10.3. The average Bonchev–Trinajstić information content (AvgIpc) is 2.76. The van der Waals surface area contributed by atoms with Crippen molar-refractivity contribution < 1.29 is 13.4 Å². The molecule has 0 fully saturated rings. The van der Waals surface area contributed by atoms with Crippen LogP contribution in [0.5, 0.6) is 0 Å². The Labute approximate surface area is 104 Å². The molecule has 0 spiro atoms. The monoisotopic (exact) mass is 258 g/mol. The molecule has 2 atom stereocenters. The fraction of sp³-hybridized carbons (Fsp3) is 0.545. The van der Waals surface area contributed by atoms with Crippen LogP contribution in [0.2, 0.25) is 0 Å². The molecule has 0 aliphatic carbocycles. The SMILES string of the molecule is C[C@@H](C[S@@](C)=O)N(C)C(=O)NCc1ccco1. The van der Waals surface area contributed by atoms with Gasteiger partial charge in [-0.1, -0.05) is 0 Å². The third-order valence-corrected chi connectivity index (χ3v) is 3.40. The molecule has 6 heteroatoms. The van der Waals surface area contributed by atoms with Gasteiger partial charge in [0.2, 0.25) is 0 Å². The number of hydrogen-bond donors (Lipinski definition) is 1. The summed E-state index contributed by atoms with van der Waals surface area (Å²) in [4.78, 5) is 13.3. The van der Waals surface area contributed by atoms with E-state index in [1.807, 2.05) is 6.92 Å². The highest BCUT2D eigenvalue weighted by molar-refractivity contribution is 7.84. The first-order valence-electron chi connectivity index (χ1n) is 5.33. The van der Waals surface area contributed by atoms with E-state index < -0.39 is 10.8 Å². The van der Waals surface area contributed by atoms with E-state index in [1.54, 1.807) is 36.6 Å². The highest BCUT2D eigenvalue weighted by Gasteiger charge is 2.16. The van der Waals surface area contributed by atoms with Gasteiger partial charge in [0.25, 0.3) is 0 Å². The Kier molecular flexibility index (Phi) is 5.21. The van der Waals surface area contributed by atoms with Crippen molar-refractivity contribution in [2.24, 2.45) is 0 Å². The quantitative estimate of drug-likeness (QED) is 0.863. The van der Waals surface area contributed by atoms with E-state index in [-0.39, 0.29) is 12.1 Å². The number of nitrogens with one attached hydrogen (secondary N) is 1. The molecule has 5 nitrogen and oxygen atoms in total. The fourth-order valence-electron chi connectivity index (χ4n) is 1.35. The lowest BCUT2D eigenvalue weighted by Gasteiger charge is -2.24. The van der Waals surface area contributed by atoms with Crippen molar-refractivity contribution in [3.8, 4) is 0 Å². The molecule has 1 rings (SSSR count). The van der Waals surface area contributed by atoms with Gasteiger partial charge in [0.1, 0.15) is 5.76 Å². The van der Waals surface area contributed by atoms with E-state index in [0.717, 1.165) is 0 Å². The first kappa shape index (κ1) is 13.8. The topological polar surface area (TPSA) is 62.6 Å². The van der Waals surface area contributed by atoms with Crippen molar-refractivity contribution >= 4 is 16.8 Å². The highest BCUT2D eigenvalue weighted by Crippen LogP contribution is 2.01. The predicted molar refractivity (Wildman–Crippen MR) is 67.1 cm³/mol. The molecule has 1 aromatic rings. The Morgan fingerprint density at radius 2 is 2.35 bits per heavy atom. The predicted octanol–water partition coefficient (Wildman–Crippen LogP) is 1.19. The lowest BCUT2D eigenvalue weighted by molar-refractivity contribution is 0.197. The normalized spacial score (nSPS) is 14.1. The summed E-state index contributed by atoms with van der Waals surface area (Å²) in [6.45, 7) is 2.23. The largest absolute Gasteiger partial charge is 0.467 e. The van der Waals surface area contributed by atoms with Crippen molar-refractivity contribution in [1.82, 2.24) is 10.2 Å². The van der Waals surface area contributed by atoms with Crippen LogP contribution in [0.3, 0.4) is 0 Å². The van der Waals surface area contributed by atoms with Gasteiger partial charge in [0.05, 0.1) is 12.8 Å². The third-order valence-electron chi connectivity index (χ3n) is 2.45. The Balaban J connectivity index is 2.38. The van der Waals surface area contributed by atoms with E-state index in [2.05, 4.69) is 5.32 Å². The molecule has 0 radical (unpaired) electrons. The molecule has 0 saturated carbocycles. The second-order valence-electron chi connectivity index (χ2n) is 3.94. The van der Waals surface area contributed by atoms with E-state index >= 15 is 0 Å². The first-order chi connectivity index (χ1) is 8.00. The first-order valence-corrected chi connectivity index (χ1v) is 7.06. The van der Waals surface area contributed by atoms with Crippen LogP contribution in [0.25, 0.3) is 0 Å². The van der Waals surface area contributed by atoms with Crippen molar-refractivity contribution in [2.75, 3.05) is 19.1 Å². The van der Waals surface area contributed by atoms with Crippen LogP contribution in [-0.2, 0) is 17.3 Å². The summed E-state index contributed by atoms with van der Waals surface area (Å²) in [5.74, 6) is 1.18. The van der Waals surface area contributed by atoms with Gasteiger partial charge in [0, 0.05) is 35.9 Å². The molecule has 0 saturated heterocycles. The summed E-state index contributed by atoms with van der Waals surface area (Å²) in [7, 11) is 0.783. The highest BCUT2D eigenvalue weighted by atomic mass is 32.2. The maximum Gasteiger partial charge on any atom is 0.317 e. The molecular formula is C11H18N2O3S. The summed E-state index contributed by atoms with van der Waals surface area (Å²) < 4.78 is 16.2. The summed E-state index contributed by atoms with van der Waals surface area (Å²) in [6.07, 6.45) is 3.19. The summed E-state index contributed by atoms with van der Waals surface area (Å²) >= 11 is 0. The second-order valence-corrected chi connectivity index (χ2v) is 5.42. The maximum atomic E-state index is 11.7. The van der Waals surface area contributed by atoms with Gasteiger partial charge in [-0.15, -0.1) is 0 Å². The van der Waals surface area contributed by atoms with Crippen LogP contribution >= 0.6 is 0 Å². The number of amides is 2. The minimum absolute atomic E-state index is 0.0579. The Bertz CT molecular complexity index is 378. The molecule has 96 valence electrons. The summed E-state index contributed by atoms with van der Waals surface area (Å²) in [5, 5.41) is 2.73. The zero-order valence-corrected chi connectivity index (χ0v) is 11.1. The molecule has 0 aromatic carbocycles. The van der Waals surface area contributed by atoms with Crippen LogP contribution in [0.1, 0.15) is 12.7 Å². The average molecular weight is 258 g/mol. The van der Waals surface area contributed by atoms with Crippen LogP contribution in [0.4, 0.5) is 4.79 Å². The smallest absolute Gasteiger partial charge is 0.317 e. The van der Waals surface area contributed by atoms with Crippen molar-refractivity contribution in [3.05, 3.63) is 24.2 Å². The molecule has 1 aromatic heterocycles. The number of rotatable bonds is 5. The molecule has 2 amide bonds. The van der Waals surface area contributed by atoms with Crippen LogP contribution in [0.15, 0.2) is 22.8 Å². The lowest BCUT2D eigenvalue weighted by Crippen LogP contribution is -2.44. The molecule has 0 aliphatic heterocycles. The van der Waals surface area contributed by atoms with Gasteiger partial charge in [-0.3, -0.25) is 4.21 Å². The summed E-state index contributed by atoms with van der Waals surface area (Å²) in [6, 6.07) is 3.32. The maximum absolute atomic E-state index is 11.7. The molecule has 1 heterocycles. The van der Waals surface area contributed by atoms with E-state index in [1.165, 1.54) is 0 Å². The Morgan fingerprint density at radius 3 is 2.88 bits per heavy atom. The minimum Gasteiger partial charge on any atom is -0.467 e. The minimum atomic E-state index is -0.906. The van der Waals surface area contributed by atoms with Crippen LogP contribution in [0, 0.1) is 0 Å². The standard InChI is InChI=1S/C11H18N2O3S/c1-9(8-17(3)15)13(2)11(14)12-7-10-5-4-6-16-10/h4-6,9H,7-8H2,1-3H3,(H,12,14)/t9-,17+/m0/s1. The van der Waals surface area contributed by atoms with Gasteiger partial charge >= 0.3 is 6.03 Å². The van der Waals surface area contributed by atoms with Gasteiger partial charge in [-0.2, -0.15) is 0 Å². The Hall–Kier alpha value is -1.30. The number of nitrogens with zero attached hydrogens (tertiary/aromatic N) is 1. The molecule has 17 heavy (non-hydrogen) atoms. The van der Waals surface area contributed by atoms with E-state index in [0.29, 0.717) is 18.1 Å². The van der Waals surface area contributed by atoms with Crippen molar-refractivity contribution in [3.63, 3.8) is 0 Å². The van der Waals surface area contributed by atoms with Gasteiger partial charge in [0.15, 0.2) is 0 Å². The third kappa shape index (κ3) is 4.60. The molecular weight excluding hydrogens is 240 g/mol. The van der Waals surface area contributed by atoms with Crippen LogP contribution < -0.4 is 5.32 Å². The Morgan fingerprint density at radius 1 is 1.65 bits per heavy atom. The van der Waals surface area contributed by atoms with E-state index in [9.17, 15) is 9.00 Å². The number of carbonyl (C=O) groups excluding carboxylic acids is 1. The number of urea groups is 1. The second kappa shape index (κ2) is 6.44. The fourth-order valence-corrected chi connectivity index (χ4v) is 2.26. The van der Waals surface area contributed by atoms with Crippen molar-refractivity contribution in [1.29, 1.82) is 0 Å². The molecule has 0 aliphatic rings. The number of hydrogen-bond acceptors (Lipinski definition) is 3. The zero-order valence-electron chi connectivity index (χ0n) is 10.3. The van der Waals surface area contributed by atoms with Gasteiger partial charge in [-0.25, -0.2) is 4.79 Å². The van der Waals surface area contributed by atoms with Crippen LogP contribution in [-0.4, -0.2) is 40.2 Å². The van der Waals surface area contributed by atoms with Gasteiger partial charge < -0.3 is 14.6 Å². The summed E-state index contributed by atoms with van der Waals surface area (Å²) in [5.41, 5.74) is 0. The number of furan rings is 1. The van der Waals surface area contributed by atoms with Crippen molar-refractivity contribution in [2.45, 2.75) is 19.5 Å². The van der Waals surface area contributed by atoms with Gasteiger partial charge in [-0.05, 0) is 19.1 Å². The van der Waals surface area contributed by atoms with E-state index in [4.69, 9.17) is 4.42 Å². The molecule has 0 unspecified atom stereocenters. The molecule has 1 N–H and O–H groups in total. The zero-order chi connectivity index (χ0) is 12.8.